The Balaban J connectivity index is 2.63. The van der Waals surface area contributed by atoms with Crippen molar-refractivity contribution in [1.29, 1.82) is 0 Å². The van der Waals surface area contributed by atoms with Crippen molar-refractivity contribution in [3.05, 3.63) is 35.4 Å². The van der Waals surface area contributed by atoms with Crippen LogP contribution in [-0.4, -0.2) is 17.1 Å². The van der Waals surface area contributed by atoms with Gasteiger partial charge in [-0.05, 0) is 24.0 Å². The Morgan fingerprint density at radius 2 is 1.88 bits per heavy atom. The number of carboxylic acid groups (broad SMARTS) is 1. The zero-order chi connectivity index (χ0) is 12.8. The van der Waals surface area contributed by atoms with Gasteiger partial charge in [-0.2, -0.15) is 0 Å². The molecule has 1 aromatic carbocycles. The number of carbonyl (C=O) groups is 1. The van der Waals surface area contributed by atoms with Gasteiger partial charge < -0.3 is 16.6 Å². The summed E-state index contributed by atoms with van der Waals surface area (Å²) in [5.74, 6) is -1.01. The van der Waals surface area contributed by atoms with Crippen molar-refractivity contribution in [3.63, 3.8) is 0 Å². The summed E-state index contributed by atoms with van der Waals surface area (Å²) in [6, 6.07) is 6.74. The lowest BCUT2D eigenvalue weighted by atomic mass is 9.98. The van der Waals surface area contributed by atoms with Gasteiger partial charge in [-0.15, -0.1) is 0 Å². The summed E-state index contributed by atoms with van der Waals surface area (Å²) in [7, 11) is 0. The topological polar surface area (TPSA) is 89.3 Å². The molecule has 0 spiro atoms. The van der Waals surface area contributed by atoms with Crippen molar-refractivity contribution >= 4 is 5.97 Å². The quantitative estimate of drug-likeness (QED) is 0.697. The van der Waals surface area contributed by atoms with Gasteiger partial charge in [0.15, 0.2) is 0 Å². The van der Waals surface area contributed by atoms with E-state index in [2.05, 4.69) is 6.92 Å². The van der Waals surface area contributed by atoms with E-state index in [1.165, 1.54) is 5.56 Å². The number of aliphatic carboxylic acids is 1. The molecule has 0 aromatic heterocycles. The van der Waals surface area contributed by atoms with Gasteiger partial charge in [0.05, 0.1) is 0 Å². The summed E-state index contributed by atoms with van der Waals surface area (Å²) >= 11 is 0. The molecule has 0 bridgehead atoms. The van der Waals surface area contributed by atoms with Gasteiger partial charge in [0.25, 0.3) is 0 Å². The van der Waals surface area contributed by atoms with Crippen molar-refractivity contribution in [3.8, 4) is 0 Å². The van der Waals surface area contributed by atoms with Gasteiger partial charge in [-0.1, -0.05) is 37.6 Å². The lowest BCUT2D eigenvalue weighted by Crippen LogP contribution is -2.33. The summed E-state index contributed by atoms with van der Waals surface area (Å²) < 4.78 is 0. The Kier molecular flexibility index (Phi) is 5.12. The van der Waals surface area contributed by atoms with Crippen LogP contribution in [0.1, 0.15) is 36.9 Å². The highest BCUT2D eigenvalue weighted by Gasteiger charge is 2.16. The molecule has 0 fully saturated rings. The predicted molar refractivity (Wildman–Crippen MR) is 67.6 cm³/mol. The highest BCUT2D eigenvalue weighted by Crippen LogP contribution is 2.16. The van der Waals surface area contributed by atoms with Gasteiger partial charge in [0, 0.05) is 6.04 Å². The van der Waals surface area contributed by atoms with Crippen LogP contribution in [-0.2, 0) is 11.2 Å². The fourth-order valence-corrected chi connectivity index (χ4v) is 1.73. The van der Waals surface area contributed by atoms with Crippen LogP contribution >= 0.6 is 0 Å². The maximum atomic E-state index is 10.6. The number of rotatable bonds is 6. The molecule has 5 N–H and O–H groups in total. The summed E-state index contributed by atoms with van der Waals surface area (Å²) in [6.07, 6.45) is 2.40. The molecule has 1 aromatic rings. The second-order valence-electron chi connectivity index (χ2n) is 4.28. The fourth-order valence-electron chi connectivity index (χ4n) is 1.73. The number of hydrogen-bond acceptors (Lipinski definition) is 3. The van der Waals surface area contributed by atoms with Gasteiger partial charge in [-0.25, -0.2) is 0 Å². The second-order valence-corrected chi connectivity index (χ2v) is 4.28. The number of hydrogen-bond donors (Lipinski definition) is 3. The van der Waals surface area contributed by atoms with E-state index >= 15 is 0 Å². The van der Waals surface area contributed by atoms with Gasteiger partial charge in [0.1, 0.15) is 6.04 Å². The number of carboxylic acids is 1. The molecule has 4 nitrogen and oxygen atoms in total. The van der Waals surface area contributed by atoms with Crippen molar-refractivity contribution in [2.75, 3.05) is 0 Å². The summed E-state index contributed by atoms with van der Waals surface area (Å²) in [5.41, 5.74) is 13.6. The average Bonchev–Trinajstić information content (AvgIpc) is 2.30. The molecule has 94 valence electrons. The summed E-state index contributed by atoms with van der Waals surface area (Å²) in [5, 5.41) is 8.71. The zero-order valence-electron chi connectivity index (χ0n) is 10.1. The molecule has 0 aliphatic heterocycles. The van der Waals surface area contributed by atoms with Crippen molar-refractivity contribution in [2.45, 2.75) is 38.3 Å². The first-order chi connectivity index (χ1) is 8.04. The minimum Gasteiger partial charge on any atom is -0.480 e. The standard InChI is InChI=1S/C13H20N2O2/c1-2-3-9-4-6-10(7-5-9)11(14)8-12(15)13(16)17/h4-7,11-12H,2-3,8,14-15H2,1H3,(H,16,17). The normalized spacial score (nSPS) is 14.3. The Bertz CT molecular complexity index is 362. The van der Waals surface area contributed by atoms with Crippen molar-refractivity contribution in [2.24, 2.45) is 11.5 Å². The second kappa shape index (κ2) is 6.37. The smallest absolute Gasteiger partial charge is 0.320 e. The molecule has 17 heavy (non-hydrogen) atoms. The molecule has 0 aliphatic carbocycles. The maximum Gasteiger partial charge on any atom is 0.320 e. The predicted octanol–water partition coefficient (Wildman–Crippen LogP) is 1.44. The van der Waals surface area contributed by atoms with E-state index in [0.717, 1.165) is 18.4 Å². The maximum absolute atomic E-state index is 10.6. The Morgan fingerprint density at radius 1 is 1.29 bits per heavy atom. The van der Waals surface area contributed by atoms with E-state index in [1.54, 1.807) is 0 Å². The molecular weight excluding hydrogens is 216 g/mol. The number of benzene rings is 1. The van der Waals surface area contributed by atoms with Crippen LogP contribution in [0.2, 0.25) is 0 Å². The van der Waals surface area contributed by atoms with Crippen LogP contribution in [0.4, 0.5) is 0 Å². The first kappa shape index (κ1) is 13.7. The largest absolute Gasteiger partial charge is 0.480 e. The Morgan fingerprint density at radius 3 is 2.35 bits per heavy atom. The molecular formula is C13H20N2O2. The third-order valence-electron chi connectivity index (χ3n) is 2.77. The Hall–Kier alpha value is -1.39. The number of nitrogens with two attached hydrogens (primary N) is 2. The summed E-state index contributed by atoms with van der Waals surface area (Å²) in [4.78, 5) is 10.6. The van der Waals surface area contributed by atoms with Gasteiger partial charge in [0.2, 0.25) is 0 Å². The monoisotopic (exact) mass is 236 g/mol. The molecule has 4 heteroatoms. The molecule has 0 radical (unpaired) electrons. The first-order valence-corrected chi connectivity index (χ1v) is 5.87. The highest BCUT2D eigenvalue weighted by molar-refractivity contribution is 5.73. The molecule has 2 unspecified atom stereocenters. The summed E-state index contributed by atoms with van der Waals surface area (Å²) in [6.45, 7) is 2.13. The Labute approximate surface area is 102 Å². The molecule has 0 saturated heterocycles. The SMILES string of the molecule is CCCc1ccc(C(N)CC(N)C(=O)O)cc1. The van der Waals surface area contributed by atoms with E-state index in [1.807, 2.05) is 24.3 Å². The van der Waals surface area contributed by atoms with E-state index < -0.39 is 12.0 Å². The highest BCUT2D eigenvalue weighted by atomic mass is 16.4. The van der Waals surface area contributed by atoms with Gasteiger partial charge in [-0.3, -0.25) is 4.79 Å². The lowest BCUT2D eigenvalue weighted by molar-refractivity contribution is -0.138. The molecule has 0 saturated carbocycles. The van der Waals surface area contributed by atoms with E-state index in [9.17, 15) is 4.79 Å². The van der Waals surface area contributed by atoms with E-state index in [4.69, 9.17) is 16.6 Å². The minimum atomic E-state index is -1.01. The molecule has 0 amide bonds. The van der Waals surface area contributed by atoms with E-state index in [0.29, 0.717) is 0 Å². The molecule has 2 atom stereocenters. The molecule has 0 aliphatic rings. The fraction of sp³-hybridized carbons (Fsp3) is 0.462. The third kappa shape index (κ3) is 4.17. The van der Waals surface area contributed by atoms with Crippen molar-refractivity contribution in [1.82, 2.24) is 0 Å². The van der Waals surface area contributed by atoms with Crippen LogP contribution < -0.4 is 11.5 Å². The first-order valence-electron chi connectivity index (χ1n) is 5.87. The van der Waals surface area contributed by atoms with Crippen LogP contribution in [0.15, 0.2) is 24.3 Å². The molecule has 0 heterocycles. The third-order valence-corrected chi connectivity index (χ3v) is 2.77. The zero-order valence-corrected chi connectivity index (χ0v) is 10.1. The lowest BCUT2D eigenvalue weighted by Gasteiger charge is -2.15. The van der Waals surface area contributed by atoms with Crippen LogP contribution in [0, 0.1) is 0 Å². The average molecular weight is 236 g/mol. The van der Waals surface area contributed by atoms with Crippen LogP contribution in [0.5, 0.6) is 0 Å². The molecule has 1 rings (SSSR count). The minimum absolute atomic E-state index is 0.252. The van der Waals surface area contributed by atoms with Crippen LogP contribution in [0.25, 0.3) is 0 Å². The van der Waals surface area contributed by atoms with Gasteiger partial charge >= 0.3 is 5.97 Å². The van der Waals surface area contributed by atoms with Crippen molar-refractivity contribution < 1.29 is 9.90 Å². The van der Waals surface area contributed by atoms with E-state index in [-0.39, 0.29) is 12.5 Å². The van der Waals surface area contributed by atoms with Crippen LogP contribution in [0.3, 0.4) is 0 Å². The number of aryl methyl sites for hydroxylation is 1.